The summed E-state index contributed by atoms with van der Waals surface area (Å²) in [5.74, 6) is 1.12. The van der Waals surface area contributed by atoms with E-state index < -0.39 is 0 Å². The molecule has 25 heavy (non-hydrogen) atoms. The average Bonchev–Trinajstić information content (AvgIpc) is 2.94. The van der Waals surface area contributed by atoms with Gasteiger partial charge in [0, 0.05) is 12.4 Å². The summed E-state index contributed by atoms with van der Waals surface area (Å²) in [6.07, 6.45) is 1.68. The molecule has 124 valence electrons. The van der Waals surface area contributed by atoms with E-state index in [4.69, 9.17) is 4.74 Å². The van der Waals surface area contributed by atoms with Crippen molar-refractivity contribution in [1.29, 1.82) is 0 Å². The number of hydrazone groups is 1. The molecule has 0 aliphatic carbocycles. The lowest BCUT2D eigenvalue weighted by Crippen LogP contribution is -2.00. The van der Waals surface area contributed by atoms with Gasteiger partial charge in [-0.1, -0.05) is 30.3 Å². The fraction of sp³-hybridized carbons (Fsp3) is 0.111. The molecule has 2 heterocycles. The maximum atomic E-state index is 5.19. The van der Waals surface area contributed by atoms with Gasteiger partial charge in [0.05, 0.1) is 18.8 Å². The van der Waals surface area contributed by atoms with Crippen molar-refractivity contribution >= 4 is 34.2 Å². The van der Waals surface area contributed by atoms with Gasteiger partial charge in [-0.3, -0.25) is 0 Å². The van der Waals surface area contributed by atoms with Gasteiger partial charge in [0.2, 0.25) is 0 Å². The van der Waals surface area contributed by atoms with Crippen LogP contribution in [0.15, 0.2) is 53.6 Å². The summed E-state index contributed by atoms with van der Waals surface area (Å²) in [4.78, 5) is 4.52. The number of ether oxygens (including phenoxy) is 1. The second-order valence-electron chi connectivity index (χ2n) is 5.53. The fourth-order valence-electron chi connectivity index (χ4n) is 2.74. The second-order valence-corrected chi connectivity index (χ2v) is 5.53. The minimum Gasteiger partial charge on any atom is -0.497 e. The molecule has 0 saturated heterocycles. The van der Waals surface area contributed by atoms with E-state index in [0.29, 0.717) is 5.95 Å². The van der Waals surface area contributed by atoms with Gasteiger partial charge in [0.15, 0.2) is 5.65 Å². The van der Waals surface area contributed by atoms with Gasteiger partial charge in [-0.05, 0) is 23.8 Å². The molecule has 2 aromatic carbocycles. The zero-order valence-electron chi connectivity index (χ0n) is 13.8. The molecule has 0 amide bonds. The topological polar surface area (TPSA) is 77.2 Å². The SMILES string of the molecule is COc1cccc(/C=N/Nc2nnc3c4ccccc4n(C)c3n2)c1. The van der Waals surface area contributed by atoms with E-state index in [0.717, 1.165) is 33.4 Å². The number of methoxy groups -OCH3 is 1. The van der Waals surface area contributed by atoms with E-state index in [9.17, 15) is 0 Å². The van der Waals surface area contributed by atoms with E-state index >= 15 is 0 Å². The first-order valence-electron chi connectivity index (χ1n) is 7.77. The Morgan fingerprint density at radius 1 is 1.12 bits per heavy atom. The van der Waals surface area contributed by atoms with Crippen LogP contribution in [0.4, 0.5) is 5.95 Å². The van der Waals surface area contributed by atoms with Crippen molar-refractivity contribution in [3.63, 3.8) is 0 Å². The van der Waals surface area contributed by atoms with Crippen LogP contribution in [0, 0.1) is 0 Å². The van der Waals surface area contributed by atoms with Crippen LogP contribution in [0.1, 0.15) is 5.56 Å². The van der Waals surface area contributed by atoms with Crippen molar-refractivity contribution in [3.8, 4) is 5.75 Å². The van der Waals surface area contributed by atoms with Crippen molar-refractivity contribution in [2.75, 3.05) is 12.5 Å². The van der Waals surface area contributed by atoms with Crippen molar-refractivity contribution in [2.24, 2.45) is 12.1 Å². The Bertz CT molecular complexity index is 1090. The van der Waals surface area contributed by atoms with Crippen LogP contribution in [0.25, 0.3) is 22.1 Å². The summed E-state index contributed by atoms with van der Waals surface area (Å²) in [7, 11) is 3.59. The normalized spacial score (nSPS) is 11.4. The Kier molecular flexibility index (Phi) is 3.74. The van der Waals surface area contributed by atoms with Gasteiger partial charge >= 0.3 is 0 Å². The summed E-state index contributed by atoms with van der Waals surface area (Å²) < 4.78 is 7.19. The highest BCUT2D eigenvalue weighted by Crippen LogP contribution is 2.24. The molecule has 0 spiro atoms. The van der Waals surface area contributed by atoms with Gasteiger partial charge < -0.3 is 9.30 Å². The number of nitrogens with one attached hydrogen (secondary N) is 1. The highest BCUT2D eigenvalue weighted by Gasteiger charge is 2.11. The molecule has 1 N–H and O–H groups in total. The van der Waals surface area contributed by atoms with Crippen LogP contribution in [0.5, 0.6) is 5.75 Å². The van der Waals surface area contributed by atoms with Gasteiger partial charge in [-0.15, -0.1) is 10.2 Å². The van der Waals surface area contributed by atoms with Crippen LogP contribution in [0.3, 0.4) is 0 Å². The van der Waals surface area contributed by atoms with Crippen molar-refractivity contribution in [2.45, 2.75) is 0 Å². The molecule has 0 saturated carbocycles. The number of rotatable bonds is 4. The summed E-state index contributed by atoms with van der Waals surface area (Å²) in [5.41, 5.74) is 6.34. The Morgan fingerprint density at radius 2 is 2.00 bits per heavy atom. The number of hydrogen-bond donors (Lipinski definition) is 1. The molecule has 7 heteroatoms. The quantitative estimate of drug-likeness (QED) is 0.459. The molecule has 0 aliphatic rings. The van der Waals surface area contributed by atoms with E-state index in [1.165, 1.54) is 0 Å². The van der Waals surface area contributed by atoms with E-state index in [1.807, 2.05) is 60.1 Å². The zero-order valence-corrected chi connectivity index (χ0v) is 13.8. The minimum atomic E-state index is 0.345. The molecular formula is C18H16N6O. The predicted molar refractivity (Wildman–Crippen MR) is 98.0 cm³/mol. The van der Waals surface area contributed by atoms with E-state index in [2.05, 4.69) is 25.7 Å². The zero-order chi connectivity index (χ0) is 17.2. The largest absolute Gasteiger partial charge is 0.497 e. The third-order valence-corrected chi connectivity index (χ3v) is 3.98. The lowest BCUT2D eigenvalue weighted by Gasteiger charge is -2.01. The van der Waals surface area contributed by atoms with Crippen LogP contribution in [-0.2, 0) is 7.05 Å². The summed E-state index contributed by atoms with van der Waals surface area (Å²) >= 11 is 0. The summed E-state index contributed by atoms with van der Waals surface area (Å²) in [6.45, 7) is 0. The van der Waals surface area contributed by atoms with Crippen molar-refractivity contribution < 1.29 is 4.74 Å². The molecule has 4 rings (SSSR count). The van der Waals surface area contributed by atoms with Crippen LogP contribution in [-0.4, -0.2) is 33.1 Å². The van der Waals surface area contributed by atoms with Crippen molar-refractivity contribution in [3.05, 3.63) is 54.1 Å². The number of fused-ring (bicyclic) bond motifs is 3. The number of para-hydroxylation sites is 1. The molecule has 0 radical (unpaired) electrons. The monoisotopic (exact) mass is 332 g/mol. The number of aromatic nitrogens is 4. The first kappa shape index (κ1) is 15.1. The van der Waals surface area contributed by atoms with Crippen LogP contribution >= 0.6 is 0 Å². The van der Waals surface area contributed by atoms with Crippen LogP contribution < -0.4 is 10.2 Å². The molecular weight excluding hydrogens is 316 g/mol. The lowest BCUT2D eigenvalue weighted by atomic mass is 10.2. The average molecular weight is 332 g/mol. The molecule has 0 bridgehead atoms. The number of anilines is 1. The Balaban J connectivity index is 1.62. The number of hydrogen-bond acceptors (Lipinski definition) is 6. The highest BCUT2D eigenvalue weighted by molar-refractivity contribution is 6.04. The van der Waals surface area contributed by atoms with E-state index in [1.54, 1.807) is 13.3 Å². The van der Waals surface area contributed by atoms with Gasteiger partial charge in [-0.2, -0.15) is 10.1 Å². The second kappa shape index (κ2) is 6.20. The smallest absolute Gasteiger partial charge is 0.265 e. The first-order chi connectivity index (χ1) is 12.3. The Labute approximate surface area is 144 Å². The molecule has 7 nitrogen and oxygen atoms in total. The standard InChI is InChI=1S/C18H16N6O/c1-24-15-9-4-3-8-14(15)16-17(24)20-18(23-21-16)22-19-11-12-6-5-7-13(10-12)25-2/h3-11H,1-2H3,(H,20,22,23)/b19-11+. The highest BCUT2D eigenvalue weighted by atomic mass is 16.5. The first-order valence-corrected chi connectivity index (χ1v) is 7.77. The summed E-state index contributed by atoms with van der Waals surface area (Å²) in [5, 5.41) is 13.6. The Hall–Kier alpha value is -3.48. The van der Waals surface area contributed by atoms with Gasteiger partial charge in [0.1, 0.15) is 11.3 Å². The molecule has 4 aromatic rings. The van der Waals surface area contributed by atoms with Gasteiger partial charge in [0.25, 0.3) is 5.95 Å². The molecule has 0 atom stereocenters. The lowest BCUT2D eigenvalue weighted by molar-refractivity contribution is 0.415. The number of aryl methyl sites for hydroxylation is 1. The minimum absolute atomic E-state index is 0.345. The maximum absolute atomic E-state index is 5.19. The molecule has 2 aromatic heterocycles. The number of nitrogens with zero attached hydrogens (tertiary/aromatic N) is 5. The molecule has 0 unspecified atom stereocenters. The molecule has 0 aliphatic heterocycles. The number of benzene rings is 2. The van der Waals surface area contributed by atoms with Crippen LogP contribution in [0.2, 0.25) is 0 Å². The third-order valence-electron chi connectivity index (χ3n) is 3.98. The van der Waals surface area contributed by atoms with E-state index in [-0.39, 0.29) is 0 Å². The van der Waals surface area contributed by atoms with Gasteiger partial charge in [-0.25, -0.2) is 5.43 Å². The maximum Gasteiger partial charge on any atom is 0.265 e. The summed E-state index contributed by atoms with van der Waals surface area (Å²) in [6, 6.07) is 15.6. The predicted octanol–water partition coefficient (Wildman–Crippen LogP) is 2.97. The van der Waals surface area contributed by atoms with Crippen molar-refractivity contribution in [1.82, 2.24) is 19.7 Å². The molecule has 0 fully saturated rings. The Morgan fingerprint density at radius 3 is 2.88 bits per heavy atom. The third kappa shape index (κ3) is 2.76. The fourth-order valence-corrected chi connectivity index (χ4v) is 2.74.